The summed E-state index contributed by atoms with van der Waals surface area (Å²) in [5, 5.41) is 8.97. The van der Waals surface area contributed by atoms with Gasteiger partial charge in [-0.05, 0) is 89.2 Å². The van der Waals surface area contributed by atoms with Crippen LogP contribution in [0.1, 0.15) is 36.4 Å². The first-order chi connectivity index (χ1) is 20.4. The van der Waals surface area contributed by atoms with Gasteiger partial charge in [-0.1, -0.05) is 54.6 Å². The maximum Gasteiger partial charge on any atom is 0.281 e. The minimum absolute atomic E-state index is 0.0703. The largest absolute Gasteiger partial charge is 0.484 e. The van der Waals surface area contributed by atoms with E-state index in [0.717, 1.165) is 52.6 Å². The van der Waals surface area contributed by atoms with Gasteiger partial charge in [-0.3, -0.25) is 4.79 Å². The Hall–Kier alpha value is -4.58. The molecule has 1 amide bonds. The van der Waals surface area contributed by atoms with Gasteiger partial charge < -0.3 is 14.5 Å². The van der Waals surface area contributed by atoms with Crippen molar-refractivity contribution in [3.63, 3.8) is 0 Å². The van der Waals surface area contributed by atoms with Crippen LogP contribution in [-0.2, 0) is 4.79 Å². The molecule has 0 unspecified atom stereocenters. The lowest BCUT2D eigenvalue weighted by Gasteiger charge is -2.30. The first-order valence-electron chi connectivity index (χ1n) is 14.6. The van der Waals surface area contributed by atoms with Crippen molar-refractivity contribution in [1.82, 2.24) is 5.01 Å². The highest BCUT2D eigenvalue weighted by Gasteiger charge is 2.43. The summed E-state index contributed by atoms with van der Waals surface area (Å²) in [6.07, 6.45) is 5.25. The van der Waals surface area contributed by atoms with Gasteiger partial charge in [0.15, 0.2) is 6.61 Å². The fourth-order valence-corrected chi connectivity index (χ4v) is 6.05. The molecule has 42 heavy (non-hydrogen) atoms. The number of fused-ring (bicyclic) bond motifs is 2. The summed E-state index contributed by atoms with van der Waals surface area (Å²) in [5.74, 6) is 0.683. The van der Waals surface area contributed by atoms with Crippen LogP contribution in [0.5, 0.6) is 5.75 Å². The standard InChI is InChI=1S/C36H38N4O2/c1-38(2)30-17-12-25(13-18-30)22-29-10-7-11-33-35(29)37-40(36(33)27-14-19-31(20-15-27)39(3)4)34(41)24-42-32-21-16-26-8-5-6-9-28(26)23-32/h5-6,8-9,12-23,33,36H,7,10-11,24H2,1-4H3/b29-22+/t33-,36+/m0/s1. The second-order valence-corrected chi connectivity index (χ2v) is 11.6. The summed E-state index contributed by atoms with van der Waals surface area (Å²) in [7, 11) is 8.17. The summed E-state index contributed by atoms with van der Waals surface area (Å²) in [4.78, 5) is 18.0. The van der Waals surface area contributed by atoms with Crippen LogP contribution in [-0.4, -0.2) is 51.4 Å². The Morgan fingerprint density at radius 1 is 0.881 bits per heavy atom. The van der Waals surface area contributed by atoms with E-state index in [4.69, 9.17) is 9.84 Å². The number of benzene rings is 4. The minimum Gasteiger partial charge on any atom is -0.484 e. The Morgan fingerprint density at radius 3 is 2.24 bits per heavy atom. The summed E-state index contributed by atoms with van der Waals surface area (Å²) < 4.78 is 6.04. The number of nitrogens with zero attached hydrogens (tertiary/aromatic N) is 4. The zero-order valence-corrected chi connectivity index (χ0v) is 24.8. The van der Waals surface area contributed by atoms with Crippen molar-refractivity contribution in [1.29, 1.82) is 0 Å². The van der Waals surface area contributed by atoms with Crippen molar-refractivity contribution in [3.8, 4) is 5.75 Å². The molecule has 0 radical (unpaired) electrons. The number of anilines is 2. The predicted octanol–water partition coefficient (Wildman–Crippen LogP) is 7.17. The maximum atomic E-state index is 13.8. The van der Waals surface area contributed by atoms with Gasteiger partial charge in [0.1, 0.15) is 5.75 Å². The number of hydrogen-bond acceptors (Lipinski definition) is 5. The van der Waals surface area contributed by atoms with Crippen molar-refractivity contribution < 1.29 is 9.53 Å². The Labute approximate surface area is 248 Å². The fourth-order valence-electron chi connectivity index (χ4n) is 6.05. The van der Waals surface area contributed by atoms with E-state index in [-0.39, 0.29) is 24.5 Å². The zero-order chi connectivity index (χ0) is 29.2. The maximum absolute atomic E-state index is 13.8. The molecule has 214 valence electrons. The third kappa shape index (κ3) is 5.62. The molecule has 2 atom stereocenters. The Bertz CT molecular complexity index is 1640. The number of hydrogen-bond donors (Lipinski definition) is 0. The topological polar surface area (TPSA) is 48.4 Å². The van der Waals surface area contributed by atoms with E-state index in [9.17, 15) is 4.79 Å². The van der Waals surface area contributed by atoms with E-state index < -0.39 is 0 Å². The number of allylic oxidation sites excluding steroid dienone is 1. The van der Waals surface area contributed by atoms with E-state index >= 15 is 0 Å². The molecule has 4 aromatic carbocycles. The van der Waals surface area contributed by atoms with E-state index in [0.29, 0.717) is 5.75 Å². The number of hydrazone groups is 1. The molecule has 6 rings (SSSR count). The highest BCUT2D eigenvalue weighted by molar-refractivity contribution is 6.08. The molecule has 0 N–H and O–H groups in total. The fraction of sp³-hybridized carbons (Fsp3) is 0.278. The molecule has 1 aliphatic carbocycles. The predicted molar refractivity (Wildman–Crippen MR) is 173 cm³/mol. The molecule has 1 fully saturated rings. The Morgan fingerprint density at radius 2 is 1.55 bits per heavy atom. The monoisotopic (exact) mass is 558 g/mol. The van der Waals surface area contributed by atoms with Crippen LogP contribution in [0.25, 0.3) is 16.8 Å². The van der Waals surface area contributed by atoms with E-state index in [2.05, 4.69) is 76.5 Å². The quantitative estimate of drug-likeness (QED) is 0.241. The smallest absolute Gasteiger partial charge is 0.281 e. The average molecular weight is 559 g/mol. The molecule has 1 aliphatic heterocycles. The van der Waals surface area contributed by atoms with Gasteiger partial charge in [0.05, 0.1) is 11.8 Å². The lowest BCUT2D eigenvalue weighted by Crippen LogP contribution is -2.34. The van der Waals surface area contributed by atoms with Gasteiger partial charge in [0, 0.05) is 45.5 Å². The molecular weight excluding hydrogens is 520 g/mol. The Balaban J connectivity index is 1.30. The number of carbonyl (C=O) groups excluding carboxylic acids is 1. The number of rotatable bonds is 7. The molecule has 4 aromatic rings. The SMILES string of the molecule is CN(C)c1ccc(/C=C2\CCC[C@H]3C2=NN(C(=O)COc2ccc4ccccc4c2)[C@@H]3c2ccc(N(C)C)cc2)cc1. The number of carbonyl (C=O) groups is 1. The van der Waals surface area contributed by atoms with Crippen LogP contribution in [0, 0.1) is 5.92 Å². The summed E-state index contributed by atoms with van der Waals surface area (Å²) in [6.45, 7) is -0.0703. The lowest BCUT2D eigenvalue weighted by molar-refractivity contribution is -0.135. The van der Waals surface area contributed by atoms with E-state index in [1.54, 1.807) is 5.01 Å². The second kappa shape index (κ2) is 11.7. The second-order valence-electron chi connectivity index (χ2n) is 11.6. The molecule has 0 saturated heterocycles. The zero-order valence-electron chi connectivity index (χ0n) is 24.8. The summed E-state index contributed by atoms with van der Waals surface area (Å²) in [5.41, 5.74) is 6.78. The van der Waals surface area contributed by atoms with Crippen LogP contribution in [0.3, 0.4) is 0 Å². The molecule has 0 bridgehead atoms. The third-order valence-electron chi connectivity index (χ3n) is 8.34. The van der Waals surface area contributed by atoms with Crippen LogP contribution in [0.2, 0.25) is 0 Å². The van der Waals surface area contributed by atoms with E-state index in [1.807, 2.05) is 58.5 Å². The molecule has 2 aliphatic rings. The molecule has 6 heteroatoms. The third-order valence-corrected chi connectivity index (χ3v) is 8.34. The van der Waals surface area contributed by atoms with Crippen molar-refractivity contribution in [2.24, 2.45) is 11.0 Å². The van der Waals surface area contributed by atoms with Crippen molar-refractivity contribution in [2.75, 3.05) is 44.6 Å². The number of amides is 1. The highest BCUT2D eigenvalue weighted by atomic mass is 16.5. The average Bonchev–Trinajstić information content (AvgIpc) is 3.41. The number of ether oxygens (including phenoxy) is 1. The highest BCUT2D eigenvalue weighted by Crippen LogP contribution is 2.44. The van der Waals surface area contributed by atoms with Crippen LogP contribution < -0.4 is 14.5 Å². The van der Waals surface area contributed by atoms with Gasteiger partial charge in [0.25, 0.3) is 5.91 Å². The molecule has 0 aromatic heterocycles. The first-order valence-corrected chi connectivity index (χ1v) is 14.6. The minimum atomic E-state index is -0.163. The van der Waals surface area contributed by atoms with Crippen LogP contribution in [0.15, 0.2) is 102 Å². The first kappa shape index (κ1) is 27.6. The summed E-state index contributed by atoms with van der Waals surface area (Å²) in [6, 6.07) is 31.0. The van der Waals surface area contributed by atoms with Gasteiger partial charge >= 0.3 is 0 Å². The lowest BCUT2D eigenvalue weighted by atomic mass is 9.77. The van der Waals surface area contributed by atoms with Crippen molar-refractivity contribution in [2.45, 2.75) is 25.3 Å². The van der Waals surface area contributed by atoms with Crippen molar-refractivity contribution in [3.05, 3.63) is 108 Å². The molecule has 1 heterocycles. The van der Waals surface area contributed by atoms with Crippen LogP contribution >= 0.6 is 0 Å². The summed E-state index contributed by atoms with van der Waals surface area (Å²) >= 11 is 0. The normalized spacial score (nSPS) is 19.0. The van der Waals surface area contributed by atoms with Gasteiger partial charge in [0.2, 0.25) is 0 Å². The molecular formula is C36H38N4O2. The van der Waals surface area contributed by atoms with Crippen LogP contribution in [0.4, 0.5) is 11.4 Å². The molecule has 6 nitrogen and oxygen atoms in total. The Kier molecular flexibility index (Phi) is 7.70. The van der Waals surface area contributed by atoms with Gasteiger partial charge in [-0.2, -0.15) is 5.10 Å². The van der Waals surface area contributed by atoms with Crippen molar-refractivity contribution >= 4 is 39.8 Å². The molecule has 0 spiro atoms. The van der Waals surface area contributed by atoms with Gasteiger partial charge in [-0.15, -0.1) is 0 Å². The van der Waals surface area contributed by atoms with E-state index in [1.165, 1.54) is 11.3 Å². The van der Waals surface area contributed by atoms with Gasteiger partial charge in [-0.25, -0.2) is 5.01 Å². The molecule has 1 saturated carbocycles.